The molecule has 64 heavy (non-hydrogen) atoms. The molecular formula is C58H88O6. The van der Waals surface area contributed by atoms with E-state index in [1.807, 2.05) is 54.7 Å². The van der Waals surface area contributed by atoms with E-state index in [1.165, 1.54) is 44.9 Å². The highest BCUT2D eigenvalue weighted by molar-refractivity contribution is 5.71. The minimum atomic E-state index is -0.849. The van der Waals surface area contributed by atoms with Gasteiger partial charge >= 0.3 is 17.9 Å². The van der Waals surface area contributed by atoms with E-state index < -0.39 is 6.10 Å². The molecule has 0 aromatic heterocycles. The van der Waals surface area contributed by atoms with Crippen molar-refractivity contribution in [3.63, 3.8) is 0 Å². The molecule has 0 saturated carbocycles. The Labute approximate surface area is 391 Å². The number of rotatable bonds is 42. The average Bonchev–Trinajstić information content (AvgIpc) is 3.29. The Morgan fingerprint density at radius 3 is 1.20 bits per heavy atom. The van der Waals surface area contributed by atoms with Crippen LogP contribution in [0.4, 0.5) is 0 Å². The van der Waals surface area contributed by atoms with Crippen molar-refractivity contribution in [3.05, 3.63) is 146 Å². The molecular weight excluding hydrogens is 793 g/mol. The van der Waals surface area contributed by atoms with Crippen LogP contribution in [-0.4, -0.2) is 37.2 Å². The second kappa shape index (κ2) is 50.9. The molecule has 0 aromatic rings. The molecule has 0 fully saturated rings. The van der Waals surface area contributed by atoms with Crippen LogP contribution < -0.4 is 0 Å². The van der Waals surface area contributed by atoms with Crippen molar-refractivity contribution in [2.24, 2.45) is 0 Å². The van der Waals surface area contributed by atoms with E-state index >= 15 is 0 Å². The van der Waals surface area contributed by atoms with Gasteiger partial charge in [0, 0.05) is 19.3 Å². The van der Waals surface area contributed by atoms with Gasteiger partial charge in [-0.3, -0.25) is 14.4 Å². The van der Waals surface area contributed by atoms with Gasteiger partial charge in [-0.25, -0.2) is 0 Å². The predicted octanol–water partition coefficient (Wildman–Crippen LogP) is 16.5. The zero-order valence-corrected chi connectivity index (χ0v) is 40.5. The molecule has 0 aromatic carbocycles. The second-order valence-corrected chi connectivity index (χ2v) is 15.8. The number of esters is 3. The third-order valence-corrected chi connectivity index (χ3v) is 9.71. The van der Waals surface area contributed by atoms with Crippen LogP contribution in [0.5, 0.6) is 0 Å². The molecule has 6 heteroatoms. The van der Waals surface area contributed by atoms with Crippen LogP contribution in [0, 0.1) is 0 Å². The fraction of sp³-hybridized carbons (Fsp3) is 0.534. The van der Waals surface area contributed by atoms with E-state index in [0.29, 0.717) is 19.3 Å². The quantitative estimate of drug-likeness (QED) is 0.0200. The topological polar surface area (TPSA) is 78.9 Å². The summed E-state index contributed by atoms with van der Waals surface area (Å²) < 4.78 is 16.6. The molecule has 0 N–H and O–H groups in total. The zero-order chi connectivity index (χ0) is 46.5. The smallest absolute Gasteiger partial charge is 0.306 e. The van der Waals surface area contributed by atoms with Crippen LogP contribution in [-0.2, 0) is 28.6 Å². The summed E-state index contributed by atoms with van der Waals surface area (Å²) in [5, 5.41) is 0. The lowest BCUT2D eigenvalue weighted by Crippen LogP contribution is -2.30. The van der Waals surface area contributed by atoms with Gasteiger partial charge in [0.1, 0.15) is 13.2 Å². The number of carbonyl (C=O) groups is 3. The highest BCUT2D eigenvalue weighted by atomic mass is 16.6. The summed E-state index contributed by atoms with van der Waals surface area (Å²) >= 11 is 0. The van der Waals surface area contributed by atoms with Gasteiger partial charge in [-0.2, -0.15) is 0 Å². The molecule has 6 nitrogen and oxygen atoms in total. The zero-order valence-electron chi connectivity index (χ0n) is 40.5. The van der Waals surface area contributed by atoms with Gasteiger partial charge in [-0.1, -0.05) is 212 Å². The van der Waals surface area contributed by atoms with Crippen molar-refractivity contribution < 1.29 is 28.6 Å². The van der Waals surface area contributed by atoms with Crippen LogP contribution >= 0.6 is 0 Å². The molecule has 0 spiro atoms. The fourth-order valence-corrected chi connectivity index (χ4v) is 6.03. The first-order valence-corrected chi connectivity index (χ1v) is 24.9. The van der Waals surface area contributed by atoms with Crippen molar-refractivity contribution in [2.45, 2.75) is 187 Å². The maximum atomic E-state index is 12.8. The van der Waals surface area contributed by atoms with Gasteiger partial charge in [0.25, 0.3) is 0 Å². The number of carbonyl (C=O) groups excluding carboxylic acids is 3. The van der Waals surface area contributed by atoms with Crippen molar-refractivity contribution in [1.82, 2.24) is 0 Å². The summed E-state index contributed by atoms with van der Waals surface area (Å²) in [6, 6.07) is 0. The number of ether oxygens (including phenoxy) is 3. The van der Waals surface area contributed by atoms with Crippen LogP contribution in [0.3, 0.4) is 0 Å². The SMILES string of the molecule is CC/C=C/C=C/C=C/C=C/C=C/CCCC(=O)OCC(COC(=O)CCC/C=C/C/C=C/C/C=C/C/C=C/C/C=C/CC)OC(=O)CCCCC/C=C/C=C/CCCCCCCCC. The molecule has 0 aliphatic rings. The predicted molar refractivity (Wildman–Crippen MR) is 274 cm³/mol. The van der Waals surface area contributed by atoms with Crippen LogP contribution in [0.25, 0.3) is 0 Å². The van der Waals surface area contributed by atoms with E-state index in [2.05, 4.69) is 112 Å². The molecule has 0 saturated heterocycles. The van der Waals surface area contributed by atoms with Crippen LogP contribution in [0.2, 0.25) is 0 Å². The first kappa shape index (κ1) is 59.3. The number of allylic oxidation sites excluding steroid dienone is 24. The Morgan fingerprint density at radius 2 is 0.703 bits per heavy atom. The third-order valence-electron chi connectivity index (χ3n) is 9.71. The Hall–Kier alpha value is -4.71. The van der Waals surface area contributed by atoms with Crippen molar-refractivity contribution >= 4 is 17.9 Å². The summed E-state index contributed by atoms with van der Waals surface area (Å²) in [6.45, 7) is 6.20. The molecule has 0 aliphatic heterocycles. The van der Waals surface area contributed by atoms with Gasteiger partial charge in [0.15, 0.2) is 6.10 Å². The molecule has 1 unspecified atom stereocenters. The number of hydrogen-bond donors (Lipinski definition) is 0. The van der Waals surface area contributed by atoms with Gasteiger partial charge < -0.3 is 14.2 Å². The maximum absolute atomic E-state index is 12.8. The number of hydrogen-bond acceptors (Lipinski definition) is 6. The molecule has 0 heterocycles. The third kappa shape index (κ3) is 48.3. The minimum Gasteiger partial charge on any atom is -0.462 e. The first-order chi connectivity index (χ1) is 31.5. The first-order valence-electron chi connectivity index (χ1n) is 24.9. The summed E-state index contributed by atoms with van der Waals surface area (Å²) in [7, 11) is 0. The molecule has 0 bridgehead atoms. The highest BCUT2D eigenvalue weighted by Gasteiger charge is 2.19. The number of unbranched alkanes of at least 4 members (excludes halogenated alkanes) is 12. The van der Waals surface area contributed by atoms with Crippen molar-refractivity contribution in [2.75, 3.05) is 13.2 Å². The standard InChI is InChI=1S/C58H88O6/c1-4-7-10-13-16-19-22-25-27-29-31-33-36-39-42-45-48-51-57(60)63-54-55(53-62-56(59)50-47-44-41-38-35-32-24-21-18-15-12-9-6-3)64-58(61)52-49-46-43-40-37-34-30-28-26-23-20-17-14-11-8-5-2/h7,9-10,12,15-16,18-19,21,24-25,27-28,30-35,37-39,41-42,55H,4-6,8,11,13-14,17,20,22-23,26,29,36,40,43-54H2,1-3H3/b10-7+,12-9+,18-15+,19-16+,24-21+,27-25+,30-28+,33-31+,35-32+,37-34+,41-38+,42-39+. The summed E-state index contributed by atoms with van der Waals surface area (Å²) in [5.74, 6) is -1.12. The lowest BCUT2D eigenvalue weighted by molar-refractivity contribution is -0.167. The lowest BCUT2D eigenvalue weighted by Gasteiger charge is -2.18. The largest absolute Gasteiger partial charge is 0.462 e. The molecule has 0 aliphatic carbocycles. The Bertz CT molecular complexity index is 1480. The summed E-state index contributed by atoms with van der Waals surface area (Å²) in [6.07, 6.45) is 72.7. The fourth-order valence-electron chi connectivity index (χ4n) is 6.03. The second-order valence-electron chi connectivity index (χ2n) is 15.8. The molecule has 356 valence electrons. The summed E-state index contributed by atoms with van der Waals surface area (Å²) in [4.78, 5) is 37.9. The van der Waals surface area contributed by atoms with Crippen LogP contribution in [0.15, 0.2) is 146 Å². The van der Waals surface area contributed by atoms with Crippen molar-refractivity contribution in [3.8, 4) is 0 Å². The summed E-state index contributed by atoms with van der Waals surface area (Å²) in [5.41, 5.74) is 0. The monoisotopic (exact) mass is 881 g/mol. The van der Waals surface area contributed by atoms with Crippen molar-refractivity contribution in [1.29, 1.82) is 0 Å². The van der Waals surface area contributed by atoms with Gasteiger partial charge in [0.2, 0.25) is 0 Å². The van der Waals surface area contributed by atoms with E-state index in [9.17, 15) is 14.4 Å². The average molecular weight is 881 g/mol. The Balaban J connectivity index is 4.65. The van der Waals surface area contributed by atoms with E-state index in [1.54, 1.807) is 0 Å². The molecule has 0 amide bonds. The highest BCUT2D eigenvalue weighted by Crippen LogP contribution is 2.11. The Kier molecular flexibility index (Phi) is 47.2. The minimum absolute atomic E-state index is 0.147. The maximum Gasteiger partial charge on any atom is 0.306 e. The Morgan fingerprint density at radius 1 is 0.344 bits per heavy atom. The van der Waals surface area contributed by atoms with Crippen LogP contribution in [0.1, 0.15) is 181 Å². The molecule has 1 atom stereocenters. The van der Waals surface area contributed by atoms with E-state index in [0.717, 1.165) is 77.0 Å². The van der Waals surface area contributed by atoms with Gasteiger partial charge in [-0.05, 0) is 96.3 Å². The lowest BCUT2D eigenvalue weighted by atomic mass is 10.1. The van der Waals surface area contributed by atoms with E-state index in [-0.39, 0.29) is 50.4 Å². The van der Waals surface area contributed by atoms with E-state index in [4.69, 9.17) is 14.2 Å². The molecule has 0 rings (SSSR count). The molecule has 0 radical (unpaired) electrons. The van der Waals surface area contributed by atoms with Gasteiger partial charge in [0.05, 0.1) is 0 Å². The normalized spacial score (nSPS) is 13.4. The van der Waals surface area contributed by atoms with Gasteiger partial charge in [-0.15, -0.1) is 0 Å².